The fourth-order valence-electron chi connectivity index (χ4n) is 1.85. The van der Waals surface area contributed by atoms with Gasteiger partial charge in [0, 0.05) is 22.8 Å². The van der Waals surface area contributed by atoms with Crippen molar-refractivity contribution in [3.8, 4) is 0 Å². The number of rotatable bonds is 6. The van der Waals surface area contributed by atoms with Gasteiger partial charge in [-0.15, -0.1) is 11.8 Å². The third kappa shape index (κ3) is 3.70. The third-order valence-electron chi connectivity index (χ3n) is 3.28. The molecule has 0 spiro atoms. The molecule has 1 aliphatic rings. The molecule has 0 N–H and O–H groups in total. The highest BCUT2D eigenvalue weighted by Gasteiger charge is 2.44. The topological polar surface area (TPSA) is 69.4 Å². The van der Waals surface area contributed by atoms with Crippen LogP contribution in [0.3, 0.4) is 0 Å². The van der Waals surface area contributed by atoms with Gasteiger partial charge >= 0.3 is 5.97 Å². The Morgan fingerprint density at radius 2 is 2.26 bits per heavy atom. The molecule has 0 aromatic heterocycles. The molecular formula is C13H15NO4S. The van der Waals surface area contributed by atoms with Crippen molar-refractivity contribution in [1.29, 1.82) is 0 Å². The number of esters is 1. The lowest BCUT2D eigenvalue weighted by Crippen LogP contribution is -2.12. The van der Waals surface area contributed by atoms with Gasteiger partial charge in [-0.25, -0.2) is 0 Å². The highest BCUT2D eigenvalue weighted by Crippen LogP contribution is 2.52. The summed E-state index contributed by atoms with van der Waals surface area (Å²) in [5.74, 6) is 0.612. The van der Waals surface area contributed by atoms with Crippen LogP contribution in [-0.2, 0) is 9.53 Å². The van der Waals surface area contributed by atoms with Crippen LogP contribution in [0.25, 0.3) is 0 Å². The van der Waals surface area contributed by atoms with E-state index in [-0.39, 0.29) is 17.1 Å². The van der Waals surface area contributed by atoms with Crippen LogP contribution in [0.4, 0.5) is 5.69 Å². The summed E-state index contributed by atoms with van der Waals surface area (Å²) in [7, 11) is 1.39. The Kier molecular flexibility index (Phi) is 4.09. The van der Waals surface area contributed by atoms with E-state index in [1.807, 2.05) is 6.07 Å². The Hall–Kier alpha value is -1.56. The predicted molar refractivity (Wildman–Crippen MR) is 72.1 cm³/mol. The van der Waals surface area contributed by atoms with E-state index in [1.165, 1.54) is 13.2 Å². The molecule has 0 aliphatic heterocycles. The lowest BCUT2D eigenvalue weighted by molar-refractivity contribution is -0.385. The van der Waals surface area contributed by atoms with E-state index in [1.54, 1.807) is 23.9 Å². The van der Waals surface area contributed by atoms with Gasteiger partial charge in [-0.05, 0) is 24.3 Å². The zero-order valence-electron chi connectivity index (χ0n) is 10.6. The summed E-state index contributed by atoms with van der Waals surface area (Å²) in [5.41, 5.74) is 0.130. The summed E-state index contributed by atoms with van der Waals surface area (Å²) >= 11 is 1.56. The van der Waals surface area contributed by atoms with Gasteiger partial charge in [0.15, 0.2) is 0 Å². The zero-order valence-corrected chi connectivity index (χ0v) is 11.4. The number of nitrogens with zero attached hydrogens (tertiary/aromatic N) is 1. The Morgan fingerprint density at radius 1 is 1.53 bits per heavy atom. The molecular weight excluding hydrogens is 266 g/mol. The molecule has 102 valence electrons. The molecule has 1 aromatic rings. The summed E-state index contributed by atoms with van der Waals surface area (Å²) in [4.78, 5) is 22.5. The maximum atomic E-state index is 11.3. The molecule has 0 unspecified atom stereocenters. The van der Waals surface area contributed by atoms with Crippen molar-refractivity contribution in [2.75, 3.05) is 12.9 Å². The fraction of sp³-hybridized carbons (Fsp3) is 0.462. The fourth-order valence-corrected chi connectivity index (χ4v) is 3.09. The maximum absolute atomic E-state index is 11.3. The predicted octanol–water partition coefficient (Wildman–Crippen LogP) is 3.03. The Labute approximate surface area is 115 Å². The lowest BCUT2D eigenvalue weighted by Gasteiger charge is -2.12. The minimum atomic E-state index is -0.397. The summed E-state index contributed by atoms with van der Waals surface area (Å²) in [6, 6.07) is 6.58. The number of methoxy groups -OCH3 is 1. The van der Waals surface area contributed by atoms with E-state index in [0.29, 0.717) is 6.42 Å². The number of carbonyl (C=O) groups excluding carboxylic acids is 1. The molecule has 5 nitrogen and oxygen atoms in total. The SMILES string of the molecule is COC(=O)CC1(CSc2cccc([N+](=O)[O-])c2)CC1. The molecule has 0 saturated heterocycles. The van der Waals surface area contributed by atoms with E-state index in [2.05, 4.69) is 0 Å². The third-order valence-corrected chi connectivity index (χ3v) is 4.62. The van der Waals surface area contributed by atoms with Gasteiger partial charge in [0.2, 0.25) is 0 Å². The lowest BCUT2D eigenvalue weighted by atomic mass is 10.1. The van der Waals surface area contributed by atoms with E-state index in [4.69, 9.17) is 4.74 Å². The Morgan fingerprint density at radius 3 is 2.84 bits per heavy atom. The normalized spacial score (nSPS) is 15.8. The van der Waals surface area contributed by atoms with Crippen molar-refractivity contribution in [3.05, 3.63) is 34.4 Å². The first-order chi connectivity index (χ1) is 9.04. The monoisotopic (exact) mass is 281 g/mol. The minimum absolute atomic E-state index is 0.0301. The zero-order chi connectivity index (χ0) is 13.9. The number of thioether (sulfide) groups is 1. The van der Waals surface area contributed by atoms with Crippen LogP contribution in [0.5, 0.6) is 0 Å². The largest absolute Gasteiger partial charge is 0.469 e. The number of hydrogen-bond donors (Lipinski definition) is 0. The van der Waals surface area contributed by atoms with E-state index < -0.39 is 4.92 Å². The first-order valence-corrected chi connectivity index (χ1v) is 6.97. The first kappa shape index (κ1) is 13.9. The van der Waals surface area contributed by atoms with E-state index in [0.717, 1.165) is 23.5 Å². The summed E-state index contributed by atoms with van der Waals surface area (Å²) in [6.45, 7) is 0. The summed E-state index contributed by atoms with van der Waals surface area (Å²) in [5, 5.41) is 10.7. The number of nitro groups is 1. The second kappa shape index (κ2) is 5.61. The number of ether oxygens (including phenoxy) is 1. The van der Waals surface area contributed by atoms with Gasteiger partial charge in [-0.2, -0.15) is 0 Å². The van der Waals surface area contributed by atoms with Crippen molar-refractivity contribution < 1.29 is 14.5 Å². The molecule has 1 fully saturated rings. The molecule has 0 amide bonds. The molecule has 0 bridgehead atoms. The summed E-state index contributed by atoms with van der Waals surface area (Å²) < 4.78 is 4.69. The van der Waals surface area contributed by atoms with Gasteiger partial charge in [-0.1, -0.05) is 6.07 Å². The highest BCUT2D eigenvalue weighted by molar-refractivity contribution is 7.99. The second-order valence-electron chi connectivity index (χ2n) is 4.80. The van der Waals surface area contributed by atoms with Gasteiger partial charge in [0.1, 0.15) is 0 Å². The number of carbonyl (C=O) groups is 1. The quantitative estimate of drug-likeness (QED) is 0.347. The average Bonchev–Trinajstić information content (AvgIpc) is 3.17. The van der Waals surface area contributed by atoms with Gasteiger partial charge in [0.25, 0.3) is 5.69 Å². The molecule has 6 heteroatoms. The van der Waals surface area contributed by atoms with E-state index in [9.17, 15) is 14.9 Å². The second-order valence-corrected chi connectivity index (χ2v) is 5.84. The minimum Gasteiger partial charge on any atom is -0.469 e. The van der Waals surface area contributed by atoms with Gasteiger partial charge in [0.05, 0.1) is 18.5 Å². The van der Waals surface area contributed by atoms with Crippen molar-refractivity contribution in [3.63, 3.8) is 0 Å². The smallest absolute Gasteiger partial charge is 0.306 e. The molecule has 1 aromatic carbocycles. The van der Waals surface area contributed by atoms with Crippen molar-refractivity contribution in [2.24, 2.45) is 5.41 Å². The van der Waals surface area contributed by atoms with Crippen LogP contribution < -0.4 is 0 Å². The van der Waals surface area contributed by atoms with E-state index >= 15 is 0 Å². The number of non-ortho nitro benzene ring substituents is 1. The van der Waals surface area contributed by atoms with Gasteiger partial charge in [-0.3, -0.25) is 14.9 Å². The Bertz CT molecular complexity index is 499. The van der Waals surface area contributed by atoms with Crippen LogP contribution in [0.2, 0.25) is 0 Å². The maximum Gasteiger partial charge on any atom is 0.306 e. The van der Waals surface area contributed by atoms with Crippen LogP contribution in [-0.4, -0.2) is 23.8 Å². The molecule has 1 aliphatic carbocycles. The van der Waals surface area contributed by atoms with Crippen molar-refractivity contribution in [1.82, 2.24) is 0 Å². The highest BCUT2D eigenvalue weighted by atomic mass is 32.2. The first-order valence-electron chi connectivity index (χ1n) is 5.99. The number of benzene rings is 1. The van der Waals surface area contributed by atoms with Crippen LogP contribution in [0, 0.1) is 15.5 Å². The van der Waals surface area contributed by atoms with Crippen molar-refractivity contribution in [2.45, 2.75) is 24.2 Å². The van der Waals surface area contributed by atoms with Crippen LogP contribution >= 0.6 is 11.8 Å². The molecule has 0 heterocycles. The van der Waals surface area contributed by atoms with Crippen molar-refractivity contribution >= 4 is 23.4 Å². The Balaban J connectivity index is 1.94. The number of hydrogen-bond acceptors (Lipinski definition) is 5. The molecule has 0 atom stereocenters. The standard InChI is InChI=1S/C13H15NO4S/c1-18-12(15)8-13(5-6-13)9-19-11-4-2-3-10(7-11)14(16)17/h2-4,7H,5-6,8-9H2,1H3. The molecule has 0 radical (unpaired) electrons. The van der Waals surface area contributed by atoms with Gasteiger partial charge < -0.3 is 4.74 Å². The average molecular weight is 281 g/mol. The molecule has 2 rings (SSSR count). The summed E-state index contributed by atoms with van der Waals surface area (Å²) in [6.07, 6.45) is 2.47. The number of nitro benzene ring substituents is 1. The van der Waals surface area contributed by atoms with Crippen LogP contribution in [0.15, 0.2) is 29.2 Å². The van der Waals surface area contributed by atoms with Crippen LogP contribution in [0.1, 0.15) is 19.3 Å². The molecule has 19 heavy (non-hydrogen) atoms. The molecule has 1 saturated carbocycles.